The fourth-order valence-electron chi connectivity index (χ4n) is 1.30. The van der Waals surface area contributed by atoms with Gasteiger partial charge in [-0.2, -0.15) is 0 Å². The Balaban J connectivity index is 2.90. The van der Waals surface area contributed by atoms with Gasteiger partial charge in [-0.3, -0.25) is 0 Å². The second-order valence-corrected chi connectivity index (χ2v) is 3.28. The highest BCUT2D eigenvalue weighted by atomic mass is 16.4. The molecule has 0 heterocycles. The lowest BCUT2D eigenvalue weighted by molar-refractivity contribution is 0.0697. The van der Waals surface area contributed by atoms with Gasteiger partial charge in [-0.15, -0.1) is 0 Å². The Kier molecular flexibility index (Phi) is 3.51. The third kappa shape index (κ3) is 2.49. The van der Waals surface area contributed by atoms with Crippen molar-refractivity contribution in [3.8, 4) is 0 Å². The van der Waals surface area contributed by atoms with Gasteiger partial charge in [0.25, 0.3) is 0 Å². The van der Waals surface area contributed by atoms with Gasteiger partial charge in [-0.05, 0) is 36.6 Å². The van der Waals surface area contributed by atoms with E-state index in [4.69, 9.17) is 10.8 Å². The third-order valence-corrected chi connectivity index (χ3v) is 2.15. The van der Waals surface area contributed by atoms with Gasteiger partial charge in [-0.25, -0.2) is 4.79 Å². The maximum Gasteiger partial charge on any atom is 0.335 e. The molecule has 1 aromatic carbocycles. The van der Waals surface area contributed by atoms with Crippen molar-refractivity contribution in [3.05, 3.63) is 29.3 Å². The number of hydrogen-bond donors (Lipinski definition) is 1. The van der Waals surface area contributed by atoms with Gasteiger partial charge >= 0.3 is 5.97 Å². The molecule has 0 aromatic heterocycles. The Morgan fingerprint density at radius 2 is 2.21 bits per heavy atom. The van der Waals surface area contributed by atoms with Gasteiger partial charge in [0.2, 0.25) is 0 Å². The zero-order chi connectivity index (χ0) is 10.6. The van der Waals surface area contributed by atoms with Crippen LogP contribution >= 0.6 is 0 Å². The molecule has 0 fully saturated rings. The summed E-state index contributed by atoms with van der Waals surface area (Å²) in [6.45, 7) is 2.07. The van der Waals surface area contributed by atoms with E-state index in [0.29, 0.717) is 5.69 Å². The Bertz CT molecular complexity index is 334. The summed E-state index contributed by atoms with van der Waals surface area (Å²) in [4.78, 5) is 10.7. The number of unbranched alkanes of at least 4 members (excludes halogenated alkanes) is 1. The van der Waals surface area contributed by atoms with Crippen LogP contribution in [0.1, 0.15) is 35.7 Å². The molecule has 2 N–H and O–H groups in total. The minimum absolute atomic E-state index is 0.270. The summed E-state index contributed by atoms with van der Waals surface area (Å²) in [6.07, 6.45) is 2.84. The fourth-order valence-corrected chi connectivity index (χ4v) is 1.30. The average molecular weight is 192 g/mol. The summed E-state index contributed by atoms with van der Waals surface area (Å²) in [5.74, 6) is -0.928. The molecule has 0 spiro atoms. The highest BCUT2D eigenvalue weighted by Gasteiger charge is 2.06. The van der Waals surface area contributed by atoms with E-state index in [1.54, 1.807) is 12.1 Å². The first kappa shape index (κ1) is 10.6. The molecule has 0 saturated carbocycles. The number of carbonyl (C=O) groups is 1. The number of nitrogens with one attached hydrogen (secondary N) is 1. The number of aromatic carboxylic acids is 1. The van der Waals surface area contributed by atoms with Crippen molar-refractivity contribution in [2.24, 2.45) is 0 Å². The van der Waals surface area contributed by atoms with Crippen LogP contribution in [0.2, 0.25) is 0 Å². The zero-order valence-corrected chi connectivity index (χ0v) is 8.21. The molecule has 0 aliphatic carbocycles. The first-order chi connectivity index (χ1) is 6.65. The van der Waals surface area contributed by atoms with Crippen molar-refractivity contribution in [1.29, 1.82) is 0 Å². The maximum absolute atomic E-state index is 10.7. The molecule has 14 heavy (non-hydrogen) atoms. The molecular formula is C11H14NO2. The number of aryl methyl sites for hydroxylation is 1. The molecule has 1 rings (SSSR count). The molecule has 1 radical (unpaired) electrons. The first-order valence-corrected chi connectivity index (χ1v) is 4.73. The minimum atomic E-state index is -0.928. The van der Waals surface area contributed by atoms with Crippen LogP contribution in [-0.2, 0) is 6.42 Å². The molecule has 0 amide bonds. The number of hydrogen-bond acceptors (Lipinski definition) is 1. The lowest BCUT2D eigenvalue weighted by Crippen LogP contribution is -1.98. The van der Waals surface area contributed by atoms with Crippen molar-refractivity contribution < 1.29 is 9.90 Å². The van der Waals surface area contributed by atoms with E-state index in [0.717, 1.165) is 24.8 Å². The molecular weight excluding hydrogens is 178 g/mol. The third-order valence-electron chi connectivity index (χ3n) is 2.15. The molecule has 0 aliphatic heterocycles. The smallest absolute Gasteiger partial charge is 0.335 e. The topological polar surface area (TPSA) is 61.1 Å². The summed E-state index contributed by atoms with van der Waals surface area (Å²) >= 11 is 0. The molecule has 3 heteroatoms. The van der Waals surface area contributed by atoms with Gasteiger partial charge in [-0.1, -0.05) is 13.3 Å². The monoisotopic (exact) mass is 192 g/mol. The molecule has 0 unspecified atom stereocenters. The first-order valence-electron chi connectivity index (χ1n) is 4.73. The van der Waals surface area contributed by atoms with Crippen molar-refractivity contribution in [2.45, 2.75) is 26.2 Å². The van der Waals surface area contributed by atoms with Gasteiger partial charge in [0, 0.05) is 0 Å². The van der Waals surface area contributed by atoms with E-state index in [9.17, 15) is 4.79 Å². The Hall–Kier alpha value is -1.51. The Labute approximate surface area is 83.6 Å². The SMILES string of the molecule is CCCCc1cc(C(=O)O)ccc1[NH]. The Morgan fingerprint density at radius 3 is 2.79 bits per heavy atom. The van der Waals surface area contributed by atoms with Crippen LogP contribution in [0.5, 0.6) is 0 Å². The molecule has 3 nitrogen and oxygen atoms in total. The molecule has 1 aromatic rings. The van der Waals surface area contributed by atoms with Gasteiger partial charge < -0.3 is 10.8 Å². The van der Waals surface area contributed by atoms with E-state index in [2.05, 4.69) is 6.92 Å². The van der Waals surface area contributed by atoms with E-state index >= 15 is 0 Å². The second kappa shape index (κ2) is 4.65. The van der Waals surface area contributed by atoms with E-state index in [1.165, 1.54) is 6.07 Å². The fraction of sp³-hybridized carbons (Fsp3) is 0.364. The van der Waals surface area contributed by atoms with Crippen LogP contribution in [0, 0.1) is 0 Å². The maximum atomic E-state index is 10.7. The van der Waals surface area contributed by atoms with Crippen LogP contribution in [0.3, 0.4) is 0 Å². The summed E-state index contributed by atoms with van der Waals surface area (Å²) in [6, 6.07) is 4.62. The lowest BCUT2D eigenvalue weighted by atomic mass is 10.0. The van der Waals surface area contributed by atoms with Crippen molar-refractivity contribution in [3.63, 3.8) is 0 Å². The zero-order valence-electron chi connectivity index (χ0n) is 8.21. The molecule has 0 bridgehead atoms. The highest BCUT2D eigenvalue weighted by Crippen LogP contribution is 2.18. The largest absolute Gasteiger partial charge is 0.478 e. The van der Waals surface area contributed by atoms with Gasteiger partial charge in [0.15, 0.2) is 0 Å². The second-order valence-electron chi connectivity index (χ2n) is 3.28. The lowest BCUT2D eigenvalue weighted by Gasteiger charge is -2.04. The molecule has 75 valence electrons. The van der Waals surface area contributed by atoms with E-state index in [-0.39, 0.29) is 5.56 Å². The van der Waals surface area contributed by atoms with Crippen LogP contribution < -0.4 is 5.73 Å². The predicted octanol–water partition coefficient (Wildman–Crippen LogP) is 2.64. The number of carboxylic acid groups (broad SMARTS) is 1. The van der Waals surface area contributed by atoms with Crippen LogP contribution in [0.4, 0.5) is 5.69 Å². The summed E-state index contributed by atoms with van der Waals surface area (Å²) in [5.41, 5.74) is 9.12. The van der Waals surface area contributed by atoms with Crippen molar-refractivity contribution in [2.75, 3.05) is 0 Å². The normalized spacial score (nSPS) is 10.1. The molecule has 0 saturated heterocycles. The summed E-state index contributed by atoms with van der Waals surface area (Å²) < 4.78 is 0. The quantitative estimate of drug-likeness (QED) is 0.797. The highest BCUT2D eigenvalue weighted by molar-refractivity contribution is 5.88. The van der Waals surface area contributed by atoms with Crippen LogP contribution in [0.25, 0.3) is 0 Å². The van der Waals surface area contributed by atoms with E-state index < -0.39 is 5.97 Å². The van der Waals surface area contributed by atoms with Gasteiger partial charge in [0.1, 0.15) is 0 Å². The van der Waals surface area contributed by atoms with Crippen LogP contribution in [-0.4, -0.2) is 11.1 Å². The van der Waals surface area contributed by atoms with Crippen molar-refractivity contribution in [1.82, 2.24) is 5.73 Å². The number of carboxylic acids is 1. The summed E-state index contributed by atoms with van der Waals surface area (Å²) in [5, 5.41) is 8.76. The average Bonchev–Trinajstić information content (AvgIpc) is 2.16. The van der Waals surface area contributed by atoms with Crippen molar-refractivity contribution >= 4 is 11.7 Å². The summed E-state index contributed by atoms with van der Waals surface area (Å²) in [7, 11) is 0. The Morgan fingerprint density at radius 1 is 1.50 bits per heavy atom. The van der Waals surface area contributed by atoms with E-state index in [1.807, 2.05) is 0 Å². The predicted molar refractivity (Wildman–Crippen MR) is 54.8 cm³/mol. The number of rotatable bonds is 4. The van der Waals surface area contributed by atoms with Crippen LogP contribution in [0.15, 0.2) is 18.2 Å². The number of benzene rings is 1. The molecule has 0 aliphatic rings. The minimum Gasteiger partial charge on any atom is -0.478 e. The van der Waals surface area contributed by atoms with Gasteiger partial charge in [0.05, 0.1) is 11.3 Å². The molecule has 0 atom stereocenters. The standard InChI is InChI=1S/C11H14NO2/c1-2-3-4-8-7-9(11(13)14)5-6-10(8)12/h5-7,12H,2-4H2,1H3,(H,13,14).